The summed E-state index contributed by atoms with van der Waals surface area (Å²) in [6.45, 7) is 2.72. The van der Waals surface area contributed by atoms with Crippen LogP contribution in [0.4, 0.5) is 0 Å². The molecule has 0 bridgehead atoms. The fraction of sp³-hybridized carbons (Fsp3) is 0.267. The quantitative estimate of drug-likeness (QED) is 0.684. The van der Waals surface area contributed by atoms with Gasteiger partial charge in [-0.3, -0.25) is 4.68 Å². The number of aromatic nitrogens is 5. The third-order valence-corrected chi connectivity index (χ3v) is 3.04. The monoisotopic (exact) mass is 281 g/mol. The molecule has 0 radical (unpaired) electrons. The number of hydrogen-bond acceptors (Lipinski definition) is 4. The molecule has 0 aliphatic rings. The predicted octanol–water partition coefficient (Wildman–Crippen LogP) is 1.62. The molecule has 0 spiro atoms. The minimum Gasteiger partial charge on any atom is -0.347 e. The maximum Gasteiger partial charge on any atom is 0.210 e. The molecule has 3 aromatic rings. The van der Waals surface area contributed by atoms with Gasteiger partial charge < -0.3 is 9.09 Å². The maximum absolute atomic E-state index is 5.23. The van der Waals surface area contributed by atoms with E-state index in [2.05, 4.69) is 38.6 Å². The van der Waals surface area contributed by atoms with E-state index in [-0.39, 0.29) is 0 Å². The van der Waals surface area contributed by atoms with Crippen molar-refractivity contribution in [3.63, 3.8) is 0 Å². The van der Waals surface area contributed by atoms with Gasteiger partial charge in [-0.15, -0.1) is 0 Å². The van der Waals surface area contributed by atoms with E-state index in [9.17, 15) is 0 Å². The molecule has 0 atom stereocenters. The highest BCUT2D eigenvalue weighted by molar-refractivity contribution is 5.36. The highest BCUT2D eigenvalue weighted by Gasteiger charge is 2.06. The summed E-state index contributed by atoms with van der Waals surface area (Å²) in [4.78, 5) is 4.28. The molecule has 0 fully saturated rings. The van der Waals surface area contributed by atoms with Crippen molar-refractivity contribution in [1.82, 2.24) is 24.5 Å². The van der Waals surface area contributed by atoms with Crippen LogP contribution in [0.15, 0.2) is 35.4 Å². The van der Waals surface area contributed by atoms with Crippen molar-refractivity contribution < 1.29 is 4.52 Å². The molecule has 0 saturated carbocycles. The van der Waals surface area contributed by atoms with Crippen LogP contribution in [0.1, 0.15) is 29.8 Å². The summed E-state index contributed by atoms with van der Waals surface area (Å²) in [5, 5.41) is 8.10. The van der Waals surface area contributed by atoms with Crippen LogP contribution in [-0.2, 0) is 20.0 Å². The molecule has 0 amide bonds. The number of nitrogens with zero attached hydrogens (tertiary/aromatic N) is 5. The van der Waals surface area contributed by atoms with Gasteiger partial charge in [0.15, 0.2) is 0 Å². The van der Waals surface area contributed by atoms with Gasteiger partial charge in [-0.05, 0) is 5.92 Å². The van der Waals surface area contributed by atoms with Crippen LogP contribution < -0.4 is 0 Å². The Kier molecular flexibility index (Phi) is 3.56. The van der Waals surface area contributed by atoms with Crippen LogP contribution in [0, 0.1) is 11.8 Å². The lowest BCUT2D eigenvalue weighted by molar-refractivity contribution is 0.401. The van der Waals surface area contributed by atoms with Gasteiger partial charge in [0.2, 0.25) is 5.76 Å². The summed E-state index contributed by atoms with van der Waals surface area (Å²) in [6.07, 6.45) is 8.18. The van der Waals surface area contributed by atoms with Crippen molar-refractivity contribution in [2.45, 2.75) is 19.9 Å². The second-order valence-corrected chi connectivity index (χ2v) is 4.66. The number of rotatable bonds is 3. The molecule has 3 aromatic heterocycles. The third kappa shape index (κ3) is 3.03. The van der Waals surface area contributed by atoms with Crippen LogP contribution in [0.25, 0.3) is 0 Å². The number of imidazole rings is 1. The Balaban J connectivity index is 1.73. The van der Waals surface area contributed by atoms with Crippen LogP contribution in [0.2, 0.25) is 0 Å². The van der Waals surface area contributed by atoms with Crippen molar-refractivity contribution in [1.29, 1.82) is 0 Å². The summed E-state index contributed by atoms with van der Waals surface area (Å²) in [5.74, 6) is 7.51. The van der Waals surface area contributed by atoms with Gasteiger partial charge in [-0.25, -0.2) is 4.98 Å². The zero-order valence-electron chi connectivity index (χ0n) is 11.9. The van der Waals surface area contributed by atoms with E-state index in [1.165, 1.54) is 0 Å². The molecule has 0 aliphatic carbocycles. The molecular formula is C15H15N5O. The molecule has 6 nitrogen and oxygen atoms in total. The Morgan fingerprint density at radius 1 is 1.33 bits per heavy atom. The fourth-order valence-electron chi connectivity index (χ4n) is 2.04. The van der Waals surface area contributed by atoms with Gasteiger partial charge >= 0.3 is 0 Å². The molecule has 21 heavy (non-hydrogen) atoms. The molecule has 3 heterocycles. The topological polar surface area (TPSA) is 61.7 Å². The minimum absolute atomic E-state index is 0.548. The number of aryl methyl sites for hydroxylation is 2. The first kappa shape index (κ1) is 13.2. The summed E-state index contributed by atoms with van der Waals surface area (Å²) in [5.41, 5.74) is 1.68. The van der Waals surface area contributed by atoms with Crippen LogP contribution in [0.3, 0.4) is 0 Å². The molecule has 106 valence electrons. The average molecular weight is 281 g/mol. The Hall–Kier alpha value is -2.81. The Morgan fingerprint density at radius 3 is 3.00 bits per heavy atom. The molecule has 6 heteroatoms. The van der Waals surface area contributed by atoms with Crippen molar-refractivity contribution in [3.05, 3.63) is 53.7 Å². The second kappa shape index (κ2) is 5.67. The maximum atomic E-state index is 5.23. The molecular weight excluding hydrogens is 266 g/mol. The smallest absolute Gasteiger partial charge is 0.210 e. The zero-order valence-corrected chi connectivity index (χ0v) is 11.9. The first-order chi connectivity index (χ1) is 10.2. The lowest BCUT2D eigenvalue weighted by Crippen LogP contribution is -2.03. The molecule has 0 N–H and O–H groups in total. The van der Waals surface area contributed by atoms with Gasteiger partial charge in [-0.2, -0.15) is 5.10 Å². The van der Waals surface area contributed by atoms with Gasteiger partial charge in [0.25, 0.3) is 0 Å². The minimum atomic E-state index is 0.548. The Morgan fingerprint density at radius 2 is 2.24 bits per heavy atom. The first-order valence-electron chi connectivity index (χ1n) is 6.71. The van der Waals surface area contributed by atoms with Gasteiger partial charge in [-0.1, -0.05) is 18.0 Å². The first-order valence-corrected chi connectivity index (χ1v) is 6.71. The Labute approximate surface area is 122 Å². The largest absolute Gasteiger partial charge is 0.347 e. The van der Waals surface area contributed by atoms with E-state index < -0.39 is 0 Å². The van der Waals surface area contributed by atoms with Crippen LogP contribution in [-0.4, -0.2) is 24.5 Å². The molecule has 0 aromatic carbocycles. The predicted molar refractivity (Wildman–Crippen MR) is 76.4 cm³/mol. The van der Waals surface area contributed by atoms with E-state index in [0.717, 1.165) is 23.5 Å². The fourth-order valence-corrected chi connectivity index (χ4v) is 2.04. The SMILES string of the molecule is CCc1nccn1Cc1cc(C#Cc2cnn(C)c2)on1. The van der Waals surface area contributed by atoms with Crippen molar-refractivity contribution >= 4 is 0 Å². The highest BCUT2D eigenvalue weighted by atomic mass is 16.5. The summed E-state index contributed by atoms with van der Waals surface area (Å²) >= 11 is 0. The van der Waals surface area contributed by atoms with Crippen molar-refractivity contribution in [3.8, 4) is 11.8 Å². The van der Waals surface area contributed by atoms with Gasteiger partial charge in [0.1, 0.15) is 11.5 Å². The van der Waals surface area contributed by atoms with E-state index in [4.69, 9.17) is 4.52 Å². The van der Waals surface area contributed by atoms with E-state index in [1.807, 2.05) is 25.5 Å². The summed E-state index contributed by atoms with van der Waals surface area (Å²) in [6, 6.07) is 1.85. The zero-order chi connectivity index (χ0) is 14.7. The standard InChI is InChI=1S/C15H15N5O/c1-3-15-16-6-7-20(15)11-13-8-14(21-18-13)5-4-12-9-17-19(2)10-12/h6-10H,3,11H2,1-2H3. The van der Waals surface area contributed by atoms with E-state index >= 15 is 0 Å². The second-order valence-electron chi connectivity index (χ2n) is 4.66. The molecule has 0 saturated heterocycles. The third-order valence-electron chi connectivity index (χ3n) is 3.04. The highest BCUT2D eigenvalue weighted by Crippen LogP contribution is 2.07. The number of hydrogen-bond donors (Lipinski definition) is 0. The van der Waals surface area contributed by atoms with Crippen molar-refractivity contribution in [2.75, 3.05) is 0 Å². The van der Waals surface area contributed by atoms with Gasteiger partial charge in [0.05, 0.1) is 18.3 Å². The molecule has 3 rings (SSSR count). The van der Waals surface area contributed by atoms with Crippen LogP contribution in [0.5, 0.6) is 0 Å². The molecule has 0 aliphatic heterocycles. The summed E-state index contributed by atoms with van der Waals surface area (Å²) < 4.78 is 8.99. The van der Waals surface area contributed by atoms with Gasteiger partial charge in [0, 0.05) is 38.1 Å². The molecule has 0 unspecified atom stereocenters. The van der Waals surface area contributed by atoms with E-state index in [0.29, 0.717) is 12.3 Å². The average Bonchev–Trinajstić information content (AvgIpc) is 3.18. The van der Waals surface area contributed by atoms with E-state index in [1.54, 1.807) is 17.1 Å². The normalized spacial score (nSPS) is 10.4. The van der Waals surface area contributed by atoms with Crippen molar-refractivity contribution in [2.24, 2.45) is 7.05 Å². The lowest BCUT2D eigenvalue weighted by Gasteiger charge is -2.02. The Bertz CT molecular complexity index is 799. The summed E-state index contributed by atoms with van der Waals surface area (Å²) in [7, 11) is 1.86. The lowest BCUT2D eigenvalue weighted by atomic mass is 10.3. The van der Waals surface area contributed by atoms with Crippen LogP contribution >= 0.6 is 0 Å².